The molecule has 3 rings (SSSR count). The van der Waals surface area contributed by atoms with E-state index in [1.807, 2.05) is 0 Å². The molecule has 7 nitrogen and oxygen atoms in total. The predicted molar refractivity (Wildman–Crippen MR) is 83.2 cm³/mol. The number of amides is 1. The number of hydrogen-bond donors (Lipinski definition) is 0. The lowest BCUT2D eigenvalue weighted by Gasteiger charge is -2.31. The largest absolute Gasteiger partial charge is 0.473 e. The Hall–Kier alpha value is -2.53. The summed E-state index contributed by atoms with van der Waals surface area (Å²) in [5.74, 6) is 0.341. The van der Waals surface area contributed by atoms with Crippen LogP contribution in [0, 0.1) is 18.3 Å². The summed E-state index contributed by atoms with van der Waals surface area (Å²) in [5.41, 5.74) is 1.10. The van der Waals surface area contributed by atoms with Gasteiger partial charge in [0, 0.05) is 32.1 Å². The smallest absolute Gasteiger partial charge is 0.267 e. The van der Waals surface area contributed by atoms with Gasteiger partial charge in [-0.1, -0.05) is 4.49 Å². The van der Waals surface area contributed by atoms with Crippen LogP contribution in [0.2, 0.25) is 0 Å². The Labute approximate surface area is 137 Å². The summed E-state index contributed by atoms with van der Waals surface area (Å²) < 4.78 is 9.63. The molecule has 0 N–H and O–H groups in total. The molecule has 8 heteroatoms. The number of aromatic nitrogens is 3. The average Bonchev–Trinajstić information content (AvgIpc) is 3.01. The number of pyridine rings is 1. The van der Waals surface area contributed by atoms with Crippen molar-refractivity contribution in [2.75, 3.05) is 13.1 Å². The molecule has 3 heterocycles. The Morgan fingerprint density at radius 2 is 2.26 bits per heavy atom. The zero-order valence-corrected chi connectivity index (χ0v) is 13.4. The van der Waals surface area contributed by atoms with Crippen molar-refractivity contribution >= 4 is 17.4 Å². The zero-order chi connectivity index (χ0) is 16.2. The van der Waals surface area contributed by atoms with E-state index in [9.17, 15) is 4.79 Å². The van der Waals surface area contributed by atoms with Gasteiger partial charge in [0.1, 0.15) is 22.6 Å². The van der Waals surface area contributed by atoms with Crippen molar-refractivity contribution in [1.82, 2.24) is 19.5 Å². The highest BCUT2D eigenvalue weighted by atomic mass is 32.1. The maximum Gasteiger partial charge on any atom is 0.267 e. The van der Waals surface area contributed by atoms with E-state index < -0.39 is 0 Å². The predicted octanol–water partition coefficient (Wildman–Crippen LogP) is 1.80. The number of carbonyl (C=O) groups excluding carboxylic acids is 1. The van der Waals surface area contributed by atoms with Gasteiger partial charge in [0.25, 0.3) is 5.91 Å². The second-order valence-corrected chi connectivity index (χ2v) is 6.02. The minimum Gasteiger partial charge on any atom is -0.473 e. The minimum absolute atomic E-state index is 0.0218. The van der Waals surface area contributed by atoms with Crippen molar-refractivity contribution in [2.24, 2.45) is 0 Å². The second-order valence-electron chi connectivity index (χ2n) is 5.26. The molecule has 2 aromatic heterocycles. The first-order valence-electron chi connectivity index (χ1n) is 7.29. The lowest BCUT2D eigenvalue weighted by atomic mass is 10.1. The number of likely N-dealkylation sites (tertiary alicyclic amines) is 1. The molecule has 1 aliphatic heterocycles. The quantitative estimate of drug-likeness (QED) is 0.852. The van der Waals surface area contributed by atoms with E-state index in [0.29, 0.717) is 47.9 Å². The number of nitrogens with zero attached hydrogens (tertiary/aromatic N) is 5. The highest BCUT2D eigenvalue weighted by molar-refractivity contribution is 7.07. The summed E-state index contributed by atoms with van der Waals surface area (Å²) in [7, 11) is 0. The third kappa shape index (κ3) is 3.29. The second kappa shape index (κ2) is 6.71. The number of piperidine rings is 1. The Balaban J connectivity index is 1.60. The third-order valence-electron chi connectivity index (χ3n) is 3.74. The van der Waals surface area contributed by atoms with Crippen LogP contribution in [-0.4, -0.2) is 44.6 Å². The van der Waals surface area contributed by atoms with Crippen LogP contribution in [-0.2, 0) is 0 Å². The van der Waals surface area contributed by atoms with E-state index in [1.165, 1.54) is 0 Å². The molecule has 118 valence electrons. The maximum atomic E-state index is 12.4. The normalized spacial score (nSPS) is 15.2. The van der Waals surface area contributed by atoms with Crippen molar-refractivity contribution < 1.29 is 9.53 Å². The molecule has 2 aromatic rings. The molecular weight excluding hydrogens is 314 g/mol. The Kier molecular flexibility index (Phi) is 4.48. The summed E-state index contributed by atoms with van der Waals surface area (Å²) in [4.78, 5) is 18.9. The SMILES string of the molecule is Cc1nnsc1C(=O)N1CCC(Oc2ncccc2C#N)CC1. The molecule has 0 aromatic carbocycles. The van der Waals surface area contributed by atoms with Gasteiger partial charge in [0.05, 0.1) is 5.69 Å². The maximum absolute atomic E-state index is 12.4. The summed E-state index contributed by atoms with van der Waals surface area (Å²) in [6, 6.07) is 5.46. The molecule has 23 heavy (non-hydrogen) atoms. The third-order valence-corrected chi connectivity index (χ3v) is 4.56. The van der Waals surface area contributed by atoms with Crippen LogP contribution in [0.5, 0.6) is 5.88 Å². The molecule has 1 aliphatic rings. The molecule has 1 amide bonds. The molecule has 0 saturated carbocycles. The lowest BCUT2D eigenvalue weighted by Crippen LogP contribution is -2.41. The number of aryl methyl sites for hydroxylation is 1. The van der Waals surface area contributed by atoms with E-state index in [2.05, 4.69) is 20.6 Å². The molecule has 1 fully saturated rings. The van der Waals surface area contributed by atoms with Crippen molar-refractivity contribution in [3.63, 3.8) is 0 Å². The van der Waals surface area contributed by atoms with Crippen molar-refractivity contribution in [1.29, 1.82) is 5.26 Å². The number of ether oxygens (including phenoxy) is 1. The highest BCUT2D eigenvalue weighted by Gasteiger charge is 2.27. The monoisotopic (exact) mass is 329 g/mol. The molecule has 0 unspecified atom stereocenters. The Morgan fingerprint density at radius 1 is 1.48 bits per heavy atom. The Morgan fingerprint density at radius 3 is 2.91 bits per heavy atom. The van der Waals surface area contributed by atoms with E-state index in [-0.39, 0.29) is 12.0 Å². The van der Waals surface area contributed by atoms with Crippen LogP contribution in [0.15, 0.2) is 18.3 Å². The van der Waals surface area contributed by atoms with Gasteiger partial charge in [-0.15, -0.1) is 5.10 Å². The van der Waals surface area contributed by atoms with Gasteiger partial charge in [-0.05, 0) is 30.6 Å². The summed E-state index contributed by atoms with van der Waals surface area (Å²) >= 11 is 1.13. The van der Waals surface area contributed by atoms with Gasteiger partial charge in [-0.2, -0.15) is 5.26 Å². The van der Waals surface area contributed by atoms with Crippen LogP contribution >= 0.6 is 11.5 Å². The number of carbonyl (C=O) groups is 1. The average molecular weight is 329 g/mol. The van der Waals surface area contributed by atoms with Gasteiger partial charge in [0.15, 0.2) is 0 Å². The lowest BCUT2D eigenvalue weighted by molar-refractivity contribution is 0.0591. The minimum atomic E-state index is -0.0401. The molecule has 0 spiro atoms. The number of nitriles is 1. The summed E-state index contributed by atoms with van der Waals surface area (Å²) in [6.45, 7) is 3.00. The molecule has 0 radical (unpaired) electrons. The molecule has 0 aliphatic carbocycles. The van der Waals surface area contributed by atoms with Gasteiger partial charge < -0.3 is 9.64 Å². The van der Waals surface area contributed by atoms with Crippen LogP contribution in [0.4, 0.5) is 0 Å². The highest BCUT2D eigenvalue weighted by Crippen LogP contribution is 2.22. The van der Waals surface area contributed by atoms with Crippen LogP contribution in [0.25, 0.3) is 0 Å². The fraction of sp³-hybridized carbons (Fsp3) is 0.400. The van der Waals surface area contributed by atoms with E-state index >= 15 is 0 Å². The first-order chi connectivity index (χ1) is 11.2. The van der Waals surface area contributed by atoms with Gasteiger partial charge >= 0.3 is 0 Å². The van der Waals surface area contributed by atoms with Crippen molar-refractivity contribution in [3.05, 3.63) is 34.5 Å². The fourth-order valence-corrected chi connectivity index (χ4v) is 3.10. The molecule has 0 bridgehead atoms. The van der Waals surface area contributed by atoms with Gasteiger partial charge in [-0.3, -0.25) is 4.79 Å². The van der Waals surface area contributed by atoms with Gasteiger partial charge in [-0.25, -0.2) is 4.98 Å². The van der Waals surface area contributed by atoms with Gasteiger partial charge in [0.2, 0.25) is 5.88 Å². The van der Waals surface area contributed by atoms with E-state index in [0.717, 1.165) is 11.5 Å². The van der Waals surface area contributed by atoms with Crippen LogP contribution in [0.3, 0.4) is 0 Å². The van der Waals surface area contributed by atoms with E-state index in [4.69, 9.17) is 10.00 Å². The van der Waals surface area contributed by atoms with Crippen LogP contribution in [0.1, 0.15) is 33.8 Å². The van der Waals surface area contributed by atoms with E-state index in [1.54, 1.807) is 30.2 Å². The Bertz CT molecular complexity index is 746. The summed E-state index contributed by atoms with van der Waals surface area (Å²) in [6.07, 6.45) is 2.98. The van der Waals surface area contributed by atoms with Crippen molar-refractivity contribution in [2.45, 2.75) is 25.9 Å². The first kappa shape index (κ1) is 15.4. The summed E-state index contributed by atoms with van der Waals surface area (Å²) in [5, 5.41) is 12.9. The fourth-order valence-electron chi connectivity index (χ4n) is 2.48. The topological polar surface area (TPSA) is 92.0 Å². The number of hydrogen-bond acceptors (Lipinski definition) is 7. The first-order valence-corrected chi connectivity index (χ1v) is 8.06. The van der Waals surface area contributed by atoms with Crippen molar-refractivity contribution in [3.8, 4) is 11.9 Å². The molecule has 0 atom stereocenters. The zero-order valence-electron chi connectivity index (χ0n) is 12.6. The molecule has 1 saturated heterocycles. The van der Waals surface area contributed by atoms with Crippen LogP contribution < -0.4 is 4.74 Å². The number of rotatable bonds is 3. The standard InChI is InChI=1S/C15H15N5O2S/c1-10-13(23-19-18-10)15(21)20-7-4-12(5-8-20)22-14-11(9-16)3-2-6-17-14/h2-3,6,12H,4-5,7-8H2,1H3. The molecular formula is C15H15N5O2S.